The maximum Gasteiger partial charge on any atom is 0.128 e. The molecule has 0 bridgehead atoms. The molecule has 1 N–H and O–H groups in total. The molecule has 0 aliphatic carbocycles. The van der Waals surface area contributed by atoms with E-state index in [9.17, 15) is 4.39 Å². The molecule has 0 saturated heterocycles. The van der Waals surface area contributed by atoms with Gasteiger partial charge in [0, 0.05) is 5.56 Å². The highest BCUT2D eigenvalue weighted by molar-refractivity contribution is 5.37. The number of aryl methyl sites for hydroxylation is 1. The van der Waals surface area contributed by atoms with Gasteiger partial charge in [0.15, 0.2) is 0 Å². The third-order valence-corrected chi connectivity index (χ3v) is 3.51. The fraction of sp³-hybridized carbons (Fsp3) is 0.333. The summed E-state index contributed by atoms with van der Waals surface area (Å²) in [6, 6.07) is 12.9. The lowest BCUT2D eigenvalue weighted by Gasteiger charge is -2.21. The summed E-state index contributed by atoms with van der Waals surface area (Å²) >= 11 is 0. The first kappa shape index (κ1) is 15.5. The molecule has 0 saturated carbocycles. The second-order valence-corrected chi connectivity index (χ2v) is 5.19. The van der Waals surface area contributed by atoms with E-state index in [-0.39, 0.29) is 11.9 Å². The summed E-state index contributed by atoms with van der Waals surface area (Å²) in [5.41, 5.74) is 2.78. The number of rotatable bonds is 6. The van der Waals surface area contributed by atoms with Gasteiger partial charge in [-0.25, -0.2) is 4.39 Å². The summed E-state index contributed by atoms with van der Waals surface area (Å²) in [7, 11) is 1.64. The largest absolute Gasteiger partial charge is 0.497 e. The molecule has 0 aliphatic rings. The normalized spacial score (nSPS) is 12.2. The zero-order valence-corrected chi connectivity index (χ0v) is 12.8. The van der Waals surface area contributed by atoms with Gasteiger partial charge in [-0.15, -0.1) is 0 Å². The second-order valence-electron chi connectivity index (χ2n) is 5.19. The van der Waals surface area contributed by atoms with Crippen molar-refractivity contribution in [3.8, 4) is 5.75 Å². The number of hydrogen-bond donors (Lipinski definition) is 1. The molecule has 0 heterocycles. The molecular weight excluding hydrogens is 265 g/mol. The molecule has 1 atom stereocenters. The van der Waals surface area contributed by atoms with Crippen LogP contribution in [0.4, 0.5) is 4.39 Å². The topological polar surface area (TPSA) is 21.3 Å². The average Bonchev–Trinajstić information content (AvgIpc) is 2.51. The van der Waals surface area contributed by atoms with Crippen molar-refractivity contribution in [3.63, 3.8) is 0 Å². The maximum absolute atomic E-state index is 14.2. The monoisotopic (exact) mass is 287 g/mol. The van der Waals surface area contributed by atoms with E-state index in [1.807, 2.05) is 37.3 Å². The molecule has 0 fully saturated rings. The average molecular weight is 287 g/mol. The number of nitrogens with one attached hydrogen (secondary N) is 1. The van der Waals surface area contributed by atoms with Crippen molar-refractivity contribution in [1.82, 2.24) is 5.32 Å². The molecule has 112 valence electrons. The van der Waals surface area contributed by atoms with Crippen molar-refractivity contribution in [2.24, 2.45) is 0 Å². The minimum atomic E-state index is -0.176. The number of hydrogen-bond acceptors (Lipinski definition) is 2. The van der Waals surface area contributed by atoms with Crippen LogP contribution >= 0.6 is 0 Å². The van der Waals surface area contributed by atoms with Gasteiger partial charge in [-0.1, -0.05) is 36.8 Å². The molecule has 2 nitrogen and oxygen atoms in total. The van der Waals surface area contributed by atoms with E-state index in [0.29, 0.717) is 5.56 Å². The van der Waals surface area contributed by atoms with Crippen molar-refractivity contribution in [2.75, 3.05) is 13.7 Å². The van der Waals surface area contributed by atoms with Crippen LogP contribution < -0.4 is 10.1 Å². The fourth-order valence-corrected chi connectivity index (χ4v) is 2.38. The van der Waals surface area contributed by atoms with E-state index in [4.69, 9.17) is 4.74 Å². The van der Waals surface area contributed by atoms with Crippen molar-refractivity contribution in [3.05, 3.63) is 65.0 Å². The summed E-state index contributed by atoms with van der Waals surface area (Å²) in [5.74, 6) is 0.628. The third-order valence-electron chi connectivity index (χ3n) is 3.51. The first-order valence-electron chi connectivity index (χ1n) is 7.29. The summed E-state index contributed by atoms with van der Waals surface area (Å²) in [6.45, 7) is 4.92. The molecule has 3 heteroatoms. The molecule has 0 amide bonds. The van der Waals surface area contributed by atoms with E-state index in [0.717, 1.165) is 29.8 Å². The van der Waals surface area contributed by atoms with Gasteiger partial charge in [-0.05, 0) is 43.7 Å². The highest BCUT2D eigenvalue weighted by atomic mass is 19.1. The lowest BCUT2D eigenvalue weighted by molar-refractivity contribution is 0.414. The van der Waals surface area contributed by atoms with Gasteiger partial charge in [-0.3, -0.25) is 0 Å². The number of benzene rings is 2. The SMILES string of the molecule is CCCNC(c1ccc(OC)cc1)c1cc(C)ccc1F. The molecule has 0 aliphatic heterocycles. The minimum absolute atomic E-state index is 0.143. The Hall–Kier alpha value is -1.87. The molecule has 0 spiro atoms. The van der Waals surface area contributed by atoms with Crippen LogP contribution in [0.15, 0.2) is 42.5 Å². The molecular formula is C18H22FNO. The Morgan fingerprint density at radius 3 is 2.48 bits per heavy atom. The smallest absolute Gasteiger partial charge is 0.128 e. The van der Waals surface area contributed by atoms with E-state index in [2.05, 4.69) is 12.2 Å². The predicted octanol–water partition coefficient (Wildman–Crippen LogP) is 4.23. The van der Waals surface area contributed by atoms with E-state index < -0.39 is 0 Å². The zero-order valence-electron chi connectivity index (χ0n) is 12.8. The van der Waals surface area contributed by atoms with Crippen LogP contribution in [-0.4, -0.2) is 13.7 Å². The van der Waals surface area contributed by atoms with Gasteiger partial charge in [-0.2, -0.15) is 0 Å². The Bertz CT molecular complexity index is 580. The molecule has 0 radical (unpaired) electrons. The number of ether oxygens (including phenoxy) is 1. The Morgan fingerprint density at radius 1 is 1.14 bits per heavy atom. The number of methoxy groups -OCH3 is 1. The van der Waals surface area contributed by atoms with Crippen LogP contribution in [0.1, 0.15) is 36.1 Å². The van der Waals surface area contributed by atoms with Gasteiger partial charge >= 0.3 is 0 Å². The van der Waals surface area contributed by atoms with Gasteiger partial charge in [0.05, 0.1) is 13.2 Å². The Kier molecular flexibility index (Phi) is 5.34. The second kappa shape index (κ2) is 7.23. The van der Waals surface area contributed by atoms with Crippen LogP contribution in [0.3, 0.4) is 0 Å². The van der Waals surface area contributed by atoms with Crippen molar-refractivity contribution < 1.29 is 9.13 Å². The third kappa shape index (κ3) is 3.82. The van der Waals surface area contributed by atoms with Crippen LogP contribution in [0, 0.1) is 12.7 Å². The zero-order chi connectivity index (χ0) is 15.2. The maximum atomic E-state index is 14.2. The number of halogens is 1. The van der Waals surface area contributed by atoms with Crippen LogP contribution in [-0.2, 0) is 0 Å². The standard InChI is InChI=1S/C18H22FNO/c1-4-11-20-18(14-6-8-15(21-3)9-7-14)16-12-13(2)5-10-17(16)19/h5-10,12,18,20H,4,11H2,1-3H3. The van der Waals surface area contributed by atoms with Gasteiger partial charge < -0.3 is 10.1 Å². The minimum Gasteiger partial charge on any atom is -0.497 e. The van der Waals surface area contributed by atoms with Crippen molar-refractivity contribution in [1.29, 1.82) is 0 Å². The van der Waals surface area contributed by atoms with E-state index in [1.165, 1.54) is 6.07 Å². The Morgan fingerprint density at radius 2 is 1.86 bits per heavy atom. The van der Waals surface area contributed by atoms with Crippen LogP contribution in [0.5, 0.6) is 5.75 Å². The highest BCUT2D eigenvalue weighted by Gasteiger charge is 2.17. The lowest BCUT2D eigenvalue weighted by Crippen LogP contribution is -2.24. The molecule has 2 aromatic carbocycles. The summed E-state index contributed by atoms with van der Waals surface area (Å²) < 4.78 is 19.4. The molecule has 1 unspecified atom stereocenters. The lowest BCUT2D eigenvalue weighted by atomic mass is 9.96. The Balaban J connectivity index is 2.38. The molecule has 0 aromatic heterocycles. The molecule has 2 aromatic rings. The van der Waals surface area contributed by atoms with Crippen LogP contribution in [0.2, 0.25) is 0 Å². The first-order chi connectivity index (χ1) is 10.2. The van der Waals surface area contributed by atoms with Gasteiger partial charge in [0.25, 0.3) is 0 Å². The molecule has 21 heavy (non-hydrogen) atoms. The summed E-state index contributed by atoms with van der Waals surface area (Å²) in [4.78, 5) is 0. The fourth-order valence-electron chi connectivity index (χ4n) is 2.38. The van der Waals surface area contributed by atoms with Crippen molar-refractivity contribution in [2.45, 2.75) is 26.3 Å². The van der Waals surface area contributed by atoms with E-state index in [1.54, 1.807) is 13.2 Å². The van der Waals surface area contributed by atoms with Crippen LogP contribution in [0.25, 0.3) is 0 Å². The summed E-state index contributed by atoms with van der Waals surface area (Å²) in [6.07, 6.45) is 1.00. The summed E-state index contributed by atoms with van der Waals surface area (Å²) in [5, 5.41) is 3.43. The quantitative estimate of drug-likeness (QED) is 0.858. The van der Waals surface area contributed by atoms with E-state index >= 15 is 0 Å². The van der Waals surface area contributed by atoms with Gasteiger partial charge in [0.1, 0.15) is 11.6 Å². The van der Waals surface area contributed by atoms with Crippen molar-refractivity contribution >= 4 is 0 Å². The predicted molar refractivity (Wildman–Crippen MR) is 84.3 cm³/mol. The Labute approximate surface area is 126 Å². The first-order valence-corrected chi connectivity index (χ1v) is 7.29. The molecule has 2 rings (SSSR count). The van der Waals surface area contributed by atoms with Gasteiger partial charge in [0.2, 0.25) is 0 Å². The highest BCUT2D eigenvalue weighted by Crippen LogP contribution is 2.27.